The van der Waals surface area contributed by atoms with Gasteiger partial charge < -0.3 is 15.3 Å². The number of rotatable bonds is 5. The van der Waals surface area contributed by atoms with E-state index in [-0.39, 0.29) is 18.1 Å². The van der Waals surface area contributed by atoms with Crippen LogP contribution in [0, 0.1) is 5.92 Å². The second-order valence-corrected chi connectivity index (χ2v) is 6.39. The first-order chi connectivity index (χ1) is 9.66. The summed E-state index contributed by atoms with van der Waals surface area (Å²) in [6.07, 6.45) is 4.79. The number of hydrogen-bond donors (Lipinski definition) is 2. The van der Waals surface area contributed by atoms with Crippen molar-refractivity contribution in [3.05, 3.63) is 22.4 Å². The van der Waals surface area contributed by atoms with Gasteiger partial charge in [-0.25, -0.2) is 4.79 Å². The molecule has 0 radical (unpaired) electrons. The van der Waals surface area contributed by atoms with Crippen LogP contribution in [0.25, 0.3) is 0 Å². The van der Waals surface area contributed by atoms with E-state index in [1.165, 1.54) is 5.56 Å². The van der Waals surface area contributed by atoms with Crippen molar-refractivity contribution in [3.8, 4) is 0 Å². The average molecular weight is 296 g/mol. The minimum absolute atomic E-state index is 0.0435. The number of aliphatic hydroxyl groups is 1. The summed E-state index contributed by atoms with van der Waals surface area (Å²) in [4.78, 5) is 13.7. The SMILES string of the molecule is CN(C[C@@H]1CCCC[C@@H]1O)C(=O)NCCc1ccsc1. The van der Waals surface area contributed by atoms with Crippen molar-refractivity contribution >= 4 is 17.4 Å². The van der Waals surface area contributed by atoms with Gasteiger partial charge in [-0.15, -0.1) is 0 Å². The highest BCUT2D eigenvalue weighted by atomic mass is 32.1. The average Bonchev–Trinajstić information content (AvgIpc) is 2.94. The molecular formula is C15H24N2O2S. The van der Waals surface area contributed by atoms with Gasteiger partial charge in [-0.2, -0.15) is 11.3 Å². The lowest BCUT2D eigenvalue weighted by Crippen LogP contribution is -2.43. The van der Waals surface area contributed by atoms with Gasteiger partial charge in [0.15, 0.2) is 0 Å². The Balaban J connectivity index is 1.68. The summed E-state index contributed by atoms with van der Waals surface area (Å²) in [5, 5.41) is 17.0. The summed E-state index contributed by atoms with van der Waals surface area (Å²) >= 11 is 1.68. The molecule has 1 fully saturated rings. The number of carbonyl (C=O) groups is 1. The van der Waals surface area contributed by atoms with E-state index in [2.05, 4.69) is 16.8 Å². The Bertz CT molecular complexity index is 408. The lowest BCUT2D eigenvalue weighted by molar-refractivity contribution is 0.0565. The Labute approximate surface area is 124 Å². The Morgan fingerprint density at radius 1 is 1.50 bits per heavy atom. The number of thiophene rings is 1. The second kappa shape index (κ2) is 7.64. The molecule has 5 heteroatoms. The zero-order valence-electron chi connectivity index (χ0n) is 12.0. The van der Waals surface area contributed by atoms with Gasteiger partial charge in [-0.1, -0.05) is 12.8 Å². The van der Waals surface area contributed by atoms with Gasteiger partial charge in [-0.3, -0.25) is 0 Å². The zero-order valence-corrected chi connectivity index (χ0v) is 12.9. The van der Waals surface area contributed by atoms with Gasteiger partial charge in [-0.05, 0) is 41.7 Å². The molecule has 0 saturated heterocycles. The fourth-order valence-corrected chi connectivity index (χ4v) is 3.42. The van der Waals surface area contributed by atoms with E-state index in [9.17, 15) is 9.90 Å². The number of carbonyl (C=O) groups excluding carboxylic acids is 1. The molecule has 0 spiro atoms. The van der Waals surface area contributed by atoms with Crippen molar-refractivity contribution in [2.75, 3.05) is 20.1 Å². The Kier molecular flexibility index (Phi) is 5.86. The highest BCUT2D eigenvalue weighted by molar-refractivity contribution is 7.07. The van der Waals surface area contributed by atoms with Gasteiger partial charge in [0.1, 0.15) is 0 Å². The highest BCUT2D eigenvalue weighted by Crippen LogP contribution is 2.24. The summed E-state index contributed by atoms with van der Waals surface area (Å²) in [7, 11) is 1.81. The molecule has 0 aromatic carbocycles. The first-order valence-corrected chi connectivity index (χ1v) is 8.29. The van der Waals surface area contributed by atoms with Crippen molar-refractivity contribution in [1.82, 2.24) is 10.2 Å². The number of nitrogens with zero attached hydrogens (tertiary/aromatic N) is 1. The maximum Gasteiger partial charge on any atom is 0.317 e. The van der Waals surface area contributed by atoms with Gasteiger partial charge >= 0.3 is 6.03 Å². The molecule has 2 N–H and O–H groups in total. The van der Waals surface area contributed by atoms with Gasteiger partial charge in [0.2, 0.25) is 0 Å². The summed E-state index contributed by atoms with van der Waals surface area (Å²) in [6.45, 7) is 1.30. The van der Waals surface area contributed by atoms with Crippen LogP contribution >= 0.6 is 11.3 Å². The van der Waals surface area contributed by atoms with Crippen LogP contribution in [0.3, 0.4) is 0 Å². The van der Waals surface area contributed by atoms with Crippen LogP contribution in [-0.4, -0.2) is 42.3 Å². The fourth-order valence-electron chi connectivity index (χ4n) is 2.72. The molecule has 0 unspecified atom stereocenters. The topological polar surface area (TPSA) is 52.6 Å². The quantitative estimate of drug-likeness (QED) is 0.877. The molecule has 1 heterocycles. The Hall–Kier alpha value is -1.07. The maximum absolute atomic E-state index is 12.0. The molecule has 2 amide bonds. The van der Waals surface area contributed by atoms with Crippen molar-refractivity contribution in [1.29, 1.82) is 0 Å². The normalized spacial score (nSPS) is 22.5. The molecule has 0 aliphatic heterocycles. The van der Waals surface area contributed by atoms with Gasteiger partial charge in [0.05, 0.1) is 6.10 Å². The molecule has 112 valence electrons. The molecule has 0 bridgehead atoms. The van der Waals surface area contributed by atoms with E-state index in [4.69, 9.17) is 0 Å². The Morgan fingerprint density at radius 3 is 3.00 bits per heavy atom. The zero-order chi connectivity index (χ0) is 14.4. The van der Waals surface area contributed by atoms with E-state index in [1.807, 2.05) is 5.38 Å². The lowest BCUT2D eigenvalue weighted by Gasteiger charge is -2.31. The molecule has 1 aliphatic rings. The van der Waals surface area contributed by atoms with Crippen LogP contribution < -0.4 is 5.32 Å². The molecule has 1 aromatic rings. The van der Waals surface area contributed by atoms with E-state index in [0.717, 1.165) is 32.1 Å². The van der Waals surface area contributed by atoms with Crippen LogP contribution in [0.5, 0.6) is 0 Å². The summed E-state index contributed by atoms with van der Waals surface area (Å²) in [5.41, 5.74) is 1.26. The fraction of sp³-hybridized carbons (Fsp3) is 0.667. The molecule has 1 saturated carbocycles. The predicted octanol–water partition coefficient (Wildman–Crippen LogP) is 2.48. The minimum atomic E-state index is -0.246. The number of hydrogen-bond acceptors (Lipinski definition) is 3. The lowest BCUT2D eigenvalue weighted by atomic mass is 9.86. The van der Waals surface area contributed by atoms with Crippen LogP contribution in [0.15, 0.2) is 16.8 Å². The number of urea groups is 1. The molecule has 2 rings (SSSR count). The van der Waals surface area contributed by atoms with Gasteiger partial charge in [0, 0.05) is 26.1 Å². The third kappa shape index (κ3) is 4.49. The highest BCUT2D eigenvalue weighted by Gasteiger charge is 2.25. The first kappa shape index (κ1) is 15.3. The summed E-state index contributed by atoms with van der Waals surface area (Å²) in [6, 6.07) is 2.04. The molecule has 1 aliphatic carbocycles. The third-order valence-electron chi connectivity index (χ3n) is 3.99. The number of aliphatic hydroxyl groups excluding tert-OH is 1. The van der Waals surface area contributed by atoms with E-state index < -0.39 is 0 Å². The van der Waals surface area contributed by atoms with Crippen LogP contribution in [0.4, 0.5) is 4.79 Å². The molecule has 20 heavy (non-hydrogen) atoms. The van der Waals surface area contributed by atoms with E-state index in [0.29, 0.717) is 13.1 Å². The third-order valence-corrected chi connectivity index (χ3v) is 4.73. The smallest absolute Gasteiger partial charge is 0.317 e. The van der Waals surface area contributed by atoms with Crippen molar-refractivity contribution < 1.29 is 9.90 Å². The van der Waals surface area contributed by atoms with Crippen LogP contribution in [0.2, 0.25) is 0 Å². The molecule has 4 nitrogen and oxygen atoms in total. The minimum Gasteiger partial charge on any atom is -0.393 e. The summed E-state index contributed by atoms with van der Waals surface area (Å²) in [5.74, 6) is 0.233. The molecular weight excluding hydrogens is 272 g/mol. The van der Waals surface area contributed by atoms with Crippen molar-refractivity contribution in [3.63, 3.8) is 0 Å². The first-order valence-electron chi connectivity index (χ1n) is 7.35. The van der Waals surface area contributed by atoms with Crippen molar-refractivity contribution in [2.45, 2.75) is 38.2 Å². The van der Waals surface area contributed by atoms with Gasteiger partial charge in [0.25, 0.3) is 0 Å². The molecule has 2 atom stereocenters. The van der Waals surface area contributed by atoms with E-state index >= 15 is 0 Å². The summed E-state index contributed by atoms with van der Waals surface area (Å²) < 4.78 is 0. The predicted molar refractivity (Wildman–Crippen MR) is 82.0 cm³/mol. The Morgan fingerprint density at radius 2 is 2.30 bits per heavy atom. The van der Waals surface area contributed by atoms with E-state index in [1.54, 1.807) is 23.3 Å². The van der Waals surface area contributed by atoms with Crippen LogP contribution in [-0.2, 0) is 6.42 Å². The maximum atomic E-state index is 12.0. The second-order valence-electron chi connectivity index (χ2n) is 5.61. The van der Waals surface area contributed by atoms with Crippen molar-refractivity contribution in [2.24, 2.45) is 5.92 Å². The largest absolute Gasteiger partial charge is 0.393 e. The monoisotopic (exact) mass is 296 g/mol. The number of amides is 2. The number of nitrogens with one attached hydrogen (secondary N) is 1. The van der Waals surface area contributed by atoms with Crippen LogP contribution in [0.1, 0.15) is 31.2 Å². The standard InChI is InChI=1S/C15H24N2O2S/c1-17(10-13-4-2-3-5-14(13)18)15(19)16-8-6-12-7-9-20-11-12/h7,9,11,13-14,18H,2-6,8,10H2,1H3,(H,16,19)/t13-,14-/m0/s1. The molecule has 1 aromatic heterocycles.